The topological polar surface area (TPSA) is 3.24 Å². The molecule has 0 spiro atoms. The normalized spacial score (nSPS) is 14.1. The summed E-state index contributed by atoms with van der Waals surface area (Å²) in [6.45, 7) is 16.3. The molecule has 2 aliphatic carbocycles. The van der Waals surface area contributed by atoms with Crippen LogP contribution >= 0.6 is 0 Å². The van der Waals surface area contributed by atoms with Gasteiger partial charge in [0.2, 0.25) is 0 Å². The summed E-state index contributed by atoms with van der Waals surface area (Å²) in [5, 5.41) is 5.02. The molecule has 2 aliphatic rings. The van der Waals surface area contributed by atoms with Gasteiger partial charge in [0.05, 0.1) is 5.69 Å². The van der Waals surface area contributed by atoms with Gasteiger partial charge in [-0.1, -0.05) is 212 Å². The van der Waals surface area contributed by atoms with Crippen molar-refractivity contribution in [2.24, 2.45) is 0 Å². The second-order valence-corrected chi connectivity index (χ2v) is 21.0. The highest BCUT2D eigenvalue weighted by atomic mass is 15.1. The summed E-state index contributed by atoms with van der Waals surface area (Å²) in [6, 6.07) is 77.8. The maximum atomic E-state index is 2.52. The zero-order chi connectivity index (χ0) is 45.8. The lowest BCUT2D eigenvalue weighted by atomic mass is 9.81. The number of hydrogen-bond donors (Lipinski definition) is 0. The van der Waals surface area contributed by atoms with E-state index >= 15 is 0 Å². The van der Waals surface area contributed by atoms with Crippen molar-refractivity contribution in [1.29, 1.82) is 0 Å². The third-order valence-corrected chi connectivity index (χ3v) is 15.2. The van der Waals surface area contributed by atoms with Crippen molar-refractivity contribution in [1.82, 2.24) is 0 Å². The second-order valence-electron chi connectivity index (χ2n) is 21.0. The summed E-state index contributed by atoms with van der Waals surface area (Å²) in [4.78, 5) is 2.52. The highest BCUT2D eigenvalue weighted by Crippen LogP contribution is 2.56. The van der Waals surface area contributed by atoms with E-state index < -0.39 is 0 Å². The average molecular weight is 862 g/mol. The van der Waals surface area contributed by atoms with E-state index in [0.717, 1.165) is 17.1 Å². The molecule has 0 radical (unpaired) electrons. The Morgan fingerprint density at radius 3 is 1.54 bits per heavy atom. The predicted octanol–water partition coefficient (Wildman–Crippen LogP) is 18.4. The molecule has 324 valence electrons. The molecule has 0 amide bonds. The lowest BCUT2D eigenvalue weighted by Gasteiger charge is -2.30. The Balaban J connectivity index is 1.04. The molecular formula is C66H55N. The van der Waals surface area contributed by atoms with Gasteiger partial charge in [-0.3, -0.25) is 0 Å². The maximum Gasteiger partial charge on any atom is 0.0546 e. The molecule has 1 nitrogen and oxygen atoms in total. The molecule has 0 bridgehead atoms. The number of rotatable bonds is 6. The molecule has 0 aromatic heterocycles. The van der Waals surface area contributed by atoms with E-state index in [1.54, 1.807) is 0 Å². The van der Waals surface area contributed by atoms with Gasteiger partial charge in [0, 0.05) is 27.8 Å². The Hall–Kier alpha value is -7.48. The Morgan fingerprint density at radius 2 is 0.851 bits per heavy atom. The van der Waals surface area contributed by atoms with Gasteiger partial charge in [-0.2, -0.15) is 0 Å². The highest BCUT2D eigenvalue weighted by molar-refractivity contribution is 6.10. The molecule has 0 unspecified atom stereocenters. The van der Waals surface area contributed by atoms with Crippen molar-refractivity contribution in [3.05, 3.63) is 234 Å². The van der Waals surface area contributed by atoms with E-state index in [2.05, 4.69) is 260 Å². The van der Waals surface area contributed by atoms with Gasteiger partial charge >= 0.3 is 0 Å². The molecule has 0 saturated carbocycles. The molecule has 0 N–H and O–H groups in total. The first-order valence-electron chi connectivity index (χ1n) is 23.9. The first kappa shape index (κ1) is 41.0. The number of hydrogen-bond acceptors (Lipinski definition) is 1. The average Bonchev–Trinajstić information content (AvgIpc) is 3.72. The molecule has 0 aliphatic heterocycles. The third-order valence-electron chi connectivity index (χ3n) is 15.2. The second kappa shape index (κ2) is 15.0. The molecule has 0 atom stereocenters. The van der Waals surface area contributed by atoms with Crippen LogP contribution in [0.5, 0.6) is 0 Å². The predicted molar refractivity (Wildman–Crippen MR) is 286 cm³/mol. The van der Waals surface area contributed by atoms with Gasteiger partial charge in [0.1, 0.15) is 0 Å². The smallest absolute Gasteiger partial charge is 0.0546 e. The molecule has 0 heterocycles. The minimum Gasteiger partial charge on any atom is -0.310 e. The Labute approximate surface area is 396 Å². The van der Waals surface area contributed by atoms with Gasteiger partial charge < -0.3 is 4.90 Å². The summed E-state index contributed by atoms with van der Waals surface area (Å²) in [5.41, 5.74) is 22.8. The molecular weight excluding hydrogens is 807 g/mol. The van der Waals surface area contributed by atoms with Gasteiger partial charge in [-0.25, -0.2) is 0 Å². The van der Waals surface area contributed by atoms with Crippen LogP contribution in [0, 0.1) is 0 Å². The zero-order valence-electron chi connectivity index (χ0n) is 39.6. The van der Waals surface area contributed by atoms with Gasteiger partial charge in [-0.15, -0.1) is 0 Å². The molecule has 1 heteroatoms. The fraction of sp³-hybridized carbons (Fsp3) is 0.152. The standard InChI is InChI=1S/C66H55N/c1-64(2,3)49-32-27-44(28-33-49)42-23-25-43(26-24-42)45-29-34-50(35-30-45)67(51-36-37-58-56(41-51)55-39-47-16-8-9-17-48(47)40-60(55)66(58,6)7)61-38-31-46-15-10-11-18-52(46)63(61)54-20-14-22-59-62(54)53-19-12-13-21-57(53)65(59,4)5/h8-41H,1-7H3. The number of anilines is 3. The lowest BCUT2D eigenvalue weighted by molar-refractivity contribution is 0.590. The lowest BCUT2D eigenvalue weighted by Crippen LogP contribution is -2.16. The highest BCUT2D eigenvalue weighted by Gasteiger charge is 2.39. The monoisotopic (exact) mass is 861 g/mol. The fourth-order valence-electron chi connectivity index (χ4n) is 11.5. The van der Waals surface area contributed by atoms with Gasteiger partial charge in [0.25, 0.3) is 0 Å². The van der Waals surface area contributed by atoms with Crippen LogP contribution in [0.3, 0.4) is 0 Å². The third kappa shape index (κ3) is 6.51. The van der Waals surface area contributed by atoms with Crippen molar-refractivity contribution in [3.63, 3.8) is 0 Å². The van der Waals surface area contributed by atoms with Crippen LogP contribution in [-0.4, -0.2) is 0 Å². The Bertz CT molecular complexity index is 3580. The zero-order valence-corrected chi connectivity index (χ0v) is 39.6. The Morgan fingerprint density at radius 1 is 0.343 bits per heavy atom. The van der Waals surface area contributed by atoms with Crippen LogP contribution in [0.25, 0.3) is 77.2 Å². The maximum absolute atomic E-state index is 2.52. The molecule has 10 aromatic carbocycles. The molecule has 67 heavy (non-hydrogen) atoms. The van der Waals surface area contributed by atoms with E-state index in [-0.39, 0.29) is 16.2 Å². The first-order chi connectivity index (χ1) is 32.4. The van der Waals surface area contributed by atoms with Crippen LogP contribution in [0.15, 0.2) is 206 Å². The van der Waals surface area contributed by atoms with E-state index in [9.17, 15) is 0 Å². The van der Waals surface area contributed by atoms with Crippen molar-refractivity contribution < 1.29 is 0 Å². The number of nitrogens with zero attached hydrogens (tertiary/aromatic N) is 1. The van der Waals surface area contributed by atoms with Crippen LogP contribution in [0.2, 0.25) is 0 Å². The molecule has 0 fully saturated rings. The molecule has 0 saturated heterocycles. The van der Waals surface area contributed by atoms with Crippen LogP contribution in [-0.2, 0) is 16.2 Å². The number of fused-ring (bicyclic) bond motifs is 8. The van der Waals surface area contributed by atoms with E-state index in [4.69, 9.17) is 0 Å². The fourth-order valence-corrected chi connectivity index (χ4v) is 11.5. The van der Waals surface area contributed by atoms with E-state index in [0.29, 0.717) is 0 Å². The number of benzene rings is 10. The summed E-state index contributed by atoms with van der Waals surface area (Å²) in [6.07, 6.45) is 0. The SMILES string of the molecule is CC(C)(C)c1ccc(-c2ccc(-c3ccc(N(c4ccc5c(c4)-c4cc6ccccc6cc4C5(C)C)c4ccc5ccccc5c4-c4cccc5c4-c4ccccc4C5(C)C)cc3)cc2)cc1. The summed E-state index contributed by atoms with van der Waals surface area (Å²) >= 11 is 0. The Kier molecular flexibility index (Phi) is 9.19. The largest absolute Gasteiger partial charge is 0.310 e. The summed E-state index contributed by atoms with van der Waals surface area (Å²) in [7, 11) is 0. The van der Waals surface area contributed by atoms with Crippen molar-refractivity contribution in [3.8, 4) is 55.6 Å². The summed E-state index contributed by atoms with van der Waals surface area (Å²) < 4.78 is 0. The minimum absolute atomic E-state index is 0.123. The van der Waals surface area contributed by atoms with Crippen LogP contribution in [0.4, 0.5) is 17.1 Å². The molecule has 12 rings (SSSR count). The van der Waals surface area contributed by atoms with E-state index in [1.165, 1.54) is 105 Å². The summed E-state index contributed by atoms with van der Waals surface area (Å²) in [5.74, 6) is 0. The quantitative estimate of drug-likeness (QED) is 0.161. The van der Waals surface area contributed by atoms with Crippen molar-refractivity contribution in [2.45, 2.75) is 64.7 Å². The van der Waals surface area contributed by atoms with Crippen molar-refractivity contribution >= 4 is 38.6 Å². The van der Waals surface area contributed by atoms with E-state index in [1.807, 2.05) is 0 Å². The molecule has 10 aromatic rings. The van der Waals surface area contributed by atoms with Gasteiger partial charge in [0.15, 0.2) is 0 Å². The van der Waals surface area contributed by atoms with Crippen LogP contribution in [0.1, 0.15) is 76.3 Å². The first-order valence-corrected chi connectivity index (χ1v) is 23.9. The minimum atomic E-state index is -0.135. The van der Waals surface area contributed by atoms with Gasteiger partial charge in [-0.05, 0) is 147 Å². The van der Waals surface area contributed by atoms with Crippen molar-refractivity contribution in [2.75, 3.05) is 4.90 Å². The van der Waals surface area contributed by atoms with Crippen LogP contribution < -0.4 is 4.90 Å².